The summed E-state index contributed by atoms with van der Waals surface area (Å²) in [5, 5.41) is 8.86. The number of imidazole rings is 1. The second kappa shape index (κ2) is 6.52. The summed E-state index contributed by atoms with van der Waals surface area (Å²) < 4.78 is 1.82. The molecule has 130 valence electrons. The van der Waals surface area contributed by atoms with E-state index >= 15 is 0 Å². The molecule has 1 amide bonds. The molecule has 1 fully saturated rings. The number of amides is 1. The monoisotopic (exact) mass is 346 g/mol. The number of nitriles is 1. The predicted octanol–water partition coefficient (Wildman–Crippen LogP) is 2.68. The van der Waals surface area contributed by atoms with E-state index in [0.717, 1.165) is 23.9 Å². The van der Waals surface area contributed by atoms with Crippen molar-refractivity contribution in [1.29, 1.82) is 5.26 Å². The number of carbonyl (C=O) groups is 1. The first-order valence-electron chi connectivity index (χ1n) is 8.66. The van der Waals surface area contributed by atoms with Crippen LogP contribution < -0.4 is 5.69 Å². The van der Waals surface area contributed by atoms with Crippen LogP contribution in [-0.4, -0.2) is 33.4 Å². The highest BCUT2D eigenvalue weighted by atomic mass is 16.2. The van der Waals surface area contributed by atoms with Crippen LogP contribution >= 0.6 is 0 Å². The van der Waals surface area contributed by atoms with Gasteiger partial charge in [0, 0.05) is 24.7 Å². The number of benzene rings is 2. The lowest BCUT2D eigenvalue weighted by Gasteiger charge is -2.32. The second-order valence-electron chi connectivity index (χ2n) is 6.53. The molecular weight excluding hydrogens is 328 g/mol. The Hall–Kier alpha value is -3.33. The van der Waals surface area contributed by atoms with Crippen LogP contribution in [0.5, 0.6) is 0 Å². The molecule has 0 saturated carbocycles. The SMILES string of the molecule is N#Cc1ccc(C(=O)N2CCC(n3c(=O)[nH]c4ccccc43)CC2)cc1. The lowest BCUT2D eigenvalue weighted by atomic mass is 10.0. The molecule has 0 unspecified atom stereocenters. The van der Waals surface area contributed by atoms with Gasteiger partial charge >= 0.3 is 5.69 Å². The van der Waals surface area contributed by atoms with Crippen LogP contribution in [0.15, 0.2) is 53.3 Å². The second-order valence-corrected chi connectivity index (χ2v) is 6.53. The molecule has 1 saturated heterocycles. The minimum atomic E-state index is -0.0944. The summed E-state index contributed by atoms with van der Waals surface area (Å²) in [7, 11) is 0. The molecule has 0 spiro atoms. The zero-order valence-electron chi connectivity index (χ0n) is 14.2. The average Bonchev–Trinajstić information content (AvgIpc) is 3.03. The lowest BCUT2D eigenvalue weighted by Crippen LogP contribution is -2.40. The number of aromatic amines is 1. The summed E-state index contributed by atoms with van der Waals surface area (Å²) in [6.07, 6.45) is 1.48. The maximum absolute atomic E-state index is 12.6. The number of hydrogen-bond donors (Lipinski definition) is 1. The zero-order chi connectivity index (χ0) is 18.1. The molecule has 0 atom stereocenters. The molecule has 6 heteroatoms. The first-order chi connectivity index (χ1) is 12.7. The molecule has 0 aliphatic carbocycles. The van der Waals surface area contributed by atoms with Gasteiger partial charge in [-0.05, 0) is 49.2 Å². The van der Waals surface area contributed by atoms with Gasteiger partial charge in [0.1, 0.15) is 0 Å². The van der Waals surface area contributed by atoms with Gasteiger partial charge in [-0.2, -0.15) is 5.26 Å². The molecule has 0 bridgehead atoms. The Morgan fingerprint density at radius 1 is 1.08 bits per heavy atom. The van der Waals surface area contributed by atoms with Crippen molar-refractivity contribution >= 4 is 16.9 Å². The number of para-hydroxylation sites is 2. The number of aromatic nitrogens is 2. The molecule has 1 aliphatic rings. The zero-order valence-corrected chi connectivity index (χ0v) is 14.2. The third-order valence-electron chi connectivity index (χ3n) is 5.00. The minimum absolute atomic E-state index is 0.0285. The van der Waals surface area contributed by atoms with E-state index in [1.165, 1.54) is 0 Å². The maximum Gasteiger partial charge on any atom is 0.326 e. The van der Waals surface area contributed by atoms with Crippen LogP contribution in [0, 0.1) is 11.3 Å². The molecule has 0 radical (unpaired) electrons. The number of hydrogen-bond acceptors (Lipinski definition) is 3. The first kappa shape index (κ1) is 16.2. The summed E-state index contributed by atoms with van der Waals surface area (Å²) in [4.78, 5) is 29.7. The Bertz CT molecular complexity index is 1050. The van der Waals surface area contributed by atoms with Gasteiger partial charge in [0.05, 0.1) is 22.7 Å². The third-order valence-corrected chi connectivity index (χ3v) is 5.00. The van der Waals surface area contributed by atoms with Gasteiger partial charge in [-0.15, -0.1) is 0 Å². The molecule has 1 aliphatic heterocycles. The van der Waals surface area contributed by atoms with Crippen molar-refractivity contribution in [2.45, 2.75) is 18.9 Å². The van der Waals surface area contributed by atoms with Crippen LogP contribution in [-0.2, 0) is 0 Å². The maximum atomic E-state index is 12.6. The standard InChI is InChI=1S/C20H18N4O2/c21-13-14-5-7-15(8-6-14)19(25)23-11-9-16(10-12-23)24-18-4-2-1-3-17(18)22-20(24)26/h1-8,16H,9-12H2,(H,22,26). The van der Waals surface area contributed by atoms with E-state index in [1.54, 1.807) is 24.3 Å². The summed E-state index contributed by atoms with van der Waals surface area (Å²) in [6.45, 7) is 1.21. The van der Waals surface area contributed by atoms with Crippen LogP contribution in [0.4, 0.5) is 0 Å². The van der Waals surface area contributed by atoms with Crippen molar-refractivity contribution in [1.82, 2.24) is 14.5 Å². The van der Waals surface area contributed by atoms with Crippen molar-refractivity contribution < 1.29 is 4.79 Å². The van der Waals surface area contributed by atoms with E-state index in [2.05, 4.69) is 11.1 Å². The van der Waals surface area contributed by atoms with Gasteiger partial charge < -0.3 is 9.88 Å². The van der Waals surface area contributed by atoms with Crippen LogP contribution in [0.2, 0.25) is 0 Å². The Kier molecular flexibility index (Phi) is 4.05. The number of nitrogens with zero attached hydrogens (tertiary/aromatic N) is 3. The molecule has 1 N–H and O–H groups in total. The molecule has 2 heterocycles. The van der Waals surface area contributed by atoms with Gasteiger partial charge in [-0.25, -0.2) is 4.79 Å². The number of rotatable bonds is 2. The summed E-state index contributed by atoms with van der Waals surface area (Å²) >= 11 is 0. The molecule has 4 rings (SSSR count). The Labute approximate surface area is 150 Å². The van der Waals surface area contributed by atoms with E-state index in [4.69, 9.17) is 5.26 Å². The molecule has 6 nitrogen and oxygen atoms in total. The van der Waals surface area contributed by atoms with Crippen LogP contribution in [0.25, 0.3) is 11.0 Å². The fraction of sp³-hybridized carbons (Fsp3) is 0.250. The van der Waals surface area contributed by atoms with E-state index in [9.17, 15) is 9.59 Å². The quantitative estimate of drug-likeness (QED) is 0.774. The molecular formula is C20H18N4O2. The Balaban J connectivity index is 1.50. The van der Waals surface area contributed by atoms with E-state index in [-0.39, 0.29) is 17.6 Å². The molecule has 26 heavy (non-hydrogen) atoms. The average molecular weight is 346 g/mol. The highest BCUT2D eigenvalue weighted by Gasteiger charge is 2.26. The lowest BCUT2D eigenvalue weighted by molar-refractivity contribution is 0.0695. The van der Waals surface area contributed by atoms with Gasteiger partial charge in [0.25, 0.3) is 5.91 Å². The summed E-state index contributed by atoms with van der Waals surface area (Å²) in [6, 6.07) is 16.5. The van der Waals surface area contributed by atoms with Crippen molar-refractivity contribution in [3.05, 3.63) is 70.1 Å². The van der Waals surface area contributed by atoms with Crippen LogP contribution in [0.3, 0.4) is 0 Å². The van der Waals surface area contributed by atoms with Crippen molar-refractivity contribution in [3.63, 3.8) is 0 Å². The number of likely N-dealkylation sites (tertiary alicyclic amines) is 1. The summed E-state index contributed by atoms with van der Waals surface area (Å²) in [5.41, 5.74) is 2.79. The van der Waals surface area contributed by atoms with Crippen molar-refractivity contribution in [2.75, 3.05) is 13.1 Å². The van der Waals surface area contributed by atoms with Gasteiger partial charge in [-0.3, -0.25) is 9.36 Å². The van der Waals surface area contributed by atoms with Crippen LogP contribution in [0.1, 0.15) is 34.8 Å². The minimum Gasteiger partial charge on any atom is -0.338 e. The molecule has 3 aromatic rings. The van der Waals surface area contributed by atoms with Crippen molar-refractivity contribution in [2.24, 2.45) is 0 Å². The third kappa shape index (κ3) is 2.78. The smallest absolute Gasteiger partial charge is 0.326 e. The van der Waals surface area contributed by atoms with E-state index < -0.39 is 0 Å². The Morgan fingerprint density at radius 2 is 1.77 bits per heavy atom. The number of nitrogens with one attached hydrogen (secondary N) is 1. The Morgan fingerprint density at radius 3 is 2.46 bits per heavy atom. The highest BCUT2D eigenvalue weighted by Crippen LogP contribution is 2.25. The number of fused-ring (bicyclic) bond motifs is 1. The number of H-pyrrole nitrogens is 1. The predicted molar refractivity (Wildman–Crippen MR) is 97.9 cm³/mol. The van der Waals surface area contributed by atoms with Gasteiger partial charge in [-0.1, -0.05) is 12.1 Å². The number of piperidine rings is 1. The fourth-order valence-electron chi connectivity index (χ4n) is 3.63. The fourth-order valence-corrected chi connectivity index (χ4v) is 3.63. The topological polar surface area (TPSA) is 81.9 Å². The largest absolute Gasteiger partial charge is 0.338 e. The van der Waals surface area contributed by atoms with Crippen molar-refractivity contribution in [3.8, 4) is 6.07 Å². The summed E-state index contributed by atoms with van der Waals surface area (Å²) in [5.74, 6) is -0.0285. The van der Waals surface area contributed by atoms with E-state index in [1.807, 2.05) is 33.7 Å². The van der Waals surface area contributed by atoms with Gasteiger partial charge in [0.2, 0.25) is 0 Å². The first-order valence-corrected chi connectivity index (χ1v) is 8.66. The molecule has 1 aromatic heterocycles. The molecule has 2 aromatic carbocycles. The van der Waals surface area contributed by atoms with Gasteiger partial charge in [0.15, 0.2) is 0 Å². The normalized spacial score (nSPS) is 15.1. The van der Waals surface area contributed by atoms with E-state index in [0.29, 0.717) is 24.2 Å². The highest BCUT2D eigenvalue weighted by molar-refractivity contribution is 5.94. The number of carbonyl (C=O) groups excluding carboxylic acids is 1.